The van der Waals surface area contributed by atoms with Crippen molar-refractivity contribution in [2.45, 2.75) is 43.9 Å². The predicted octanol–water partition coefficient (Wildman–Crippen LogP) is 2.59. The van der Waals surface area contributed by atoms with Gasteiger partial charge in [0.1, 0.15) is 35.4 Å². The fourth-order valence-electron chi connectivity index (χ4n) is 4.17. The molecule has 1 fully saturated rings. The number of hydrogen-bond donors (Lipinski definition) is 4. The van der Waals surface area contributed by atoms with Crippen molar-refractivity contribution in [3.63, 3.8) is 0 Å². The molecular weight excluding hydrogens is 579 g/mol. The summed E-state index contributed by atoms with van der Waals surface area (Å²) in [7, 11) is -4.45. The molecule has 6 atom stereocenters. The molecule has 1 unspecified atom stereocenters. The third-order valence-corrected chi connectivity index (χ3v) is 8.02. The molecule has 0 radical (unpaired) electrons. The Bertz CT molecular complexity index is 1460. The van der Waals surface area contributed by atoms with Crippen LogP contribution >= 0.6 is 19.3 Å². The van der Waals surface area contributed by atoms with Crippen LogP contribution in [0.3, 0.4) is 0 Å². The Morgan fingerprint density at radius 1 is 1.24 bits per heavy atom. The van der Waals surface area contributed by atoms with E-state index in [1.54, 1.807) is 37.3 Å². The van der Waals surface area contributed by atoms with E-state index in [9.17, 15) is 24.4 Å². The summed E-state index contributed by atoms with van der Waals surface area (Å²) in [5.74, 6) is -0.680. The quantitative estimate of drug-likeness (QED) is 0.184. The molecule has 0 aliphatic carbocycles. The Morgan fingerprint density at radius 3 is 2.56 bits per heavy atom. The van der Waals surface area contributed by atoms with Gasteiger partial charge >= 0.3 is 19.4 Å². The van der Waals surface area contributed by atoms with Gasteiger partial charge in [-0.25, -0.2) is 14.2 Å². The van der Waals surface area contributed by atoms with Gasteiger partial charge in [0.25, 0.3) is 0 Å². The number of benzene rings is 2. The Morgan fingerprint density at radius 2 is 1.93 bits per heavy atom. The fourth-order valence-corrected chi connectivity index (χ4v) is 5.79. The molecule has 3 aromatic rings. The Kier molecular flexibility index (Phi) is 9.50. The van der Waals surface area contributed by atoms with Crippen molar-refractivity contribution in [3.05, 3.63) is 87.9 Å². The first-order chi connectivity index (χ1) is 19.4. The van der Waals surface area contributed by atoms with E-state index in [2.05, 4.69) is 10.1 Å². The van der Waals surface area contributed by atoms with Crippen molar-refractivity contribution >= 4 is 31.1 Å². The average molecular weight is 609 g/mol. The highest BCUT2D eigenvalue weighted by atomic mass is 35.5. The van der Waals surface area contributed by atoms with Crippen LogP contribution in [0.15, 0.2) is 71.7 Å². The molecule has 220 valence electrons. The van der Waals surface area contributed by atoms with E-state index >= 15 is 0 Å². The van der Waals surface area contributed by atoms with E-state index in [0.717, 1.165) is 4.57 Å². The highest BCUT2D eigenvalue weighted by Gasteiger charge is 2.54. The molecule has 1 saturated heterocycles. The highest BCUT2D eigenvalue weighted by molar-refractivity contribution is 7.52. The molecule has 0 bridgehead atoms. The number of ether oxygens (including phenoxy) is 2. The van der Waals surface area contributed by atoms with Gasteiger partial charge in [0.05, 0.1) is 13.2 Å². The first-order valence-electron chi connectivity index (χ1n) is 12.5. The summed E-state index contributed by atoms with van der Waals surface area (Å²) in [4.78, 5) is 28.9. The summed E-state index contributed by atoms with van der Waals surface area (Å²) in [6.45, 7) is 2.36. The van der Waals surface area contributed by atoms with Gasteiger partial charge in [0.15, 0.2) is 6.23 Å². The molecule has 1 aliphatic heterocycles. The number of nitrogens with one attached hydrogen (secondary N) is 1. The predicted molar refractivity (Wildman–Crippen MR) is 148 cm³/mol. The van der Waals surface area contributed by atoms with E-state index in [1.165, 1.54) is 43.5 Å². The SMILES string of the molecule is CCOC(=O)[C@@H](NP(=O)(OC[C@H]1O[C@@H](n2ccc(N)nc2=O)[C@](C)(O)[C@@H]1O)Oc1ccc(Cl)cc1)c1ccccc1. The fraction of sp³-hybridized carbons (Fsp3) is 0.346. The van der Waals surface area contributed by atoms with Crippen LogP contribution in [0.5, 0.6) is 5.75 Å². The van der Waals surface area contributed by atoms with Crippen LogP contribution in [0, 0.1) is 0 Å². The summed E-state index contributed by atoms with van der Waals surface area (Å²) < 4.78 is 37.5. The molecule has 1 aliphatic rings. The van der Waals surface area contributed by atoms with Crippen LogP contribution in [0.2, 0.25) is 5.02 Å². The van der Waals surface area contributed by atoms with Crippen LogP contribution in [0.25, 0.3) is 0 Å². The molecule has 2 heterocycles. The van der Waals surface area contributed by atoms with Gasteiger partial charge in [0, 0.05) is 11.2 Å². The Labute approximate surface area is 240 Å². The Hall–Kier alpha value is -3.29. The lowest BCUT2D eigenvalue weighted by Crippen LogP contribution is -2.46. The van der Waals surface area contributed by atoms with Gasteiger partial charge < -0.3 is 29.9 Å². The lowest BCUT2D eigenvalue weighted by atomic mass is 9.96. The monoisotopic (exact) mass is 608 g/mol. The molecule has 15 heteroatoms. The standard InChI is InChI=1S/C26H30ClN4O9P/c1-3-37-23(33)21(16-7-5-4-6-8-16)30-41(36,40-18-11-9-17(27)10-12-18)38-15-19-22(32)26(2,35)24(39-19)31-14-13-20(28)29-25(31)34/h4-14,19,21-22,24,32,35H,3,15H2,1-2H3,(H,30,36)(H2,28,29,34)/t19-,21+,22-,24-,26-,41?/m1/s1. The number of hydrogen-bond acceptors (Lipinski definition) is 11. The molecule has 5 N–H and O–H groups in total. The lowest BCUT2D eigenvalue weighted by molar-refractivity contribution is -0.145. The minimum atomic E-state index is -4.45. The number of nitrogen functional groups attached to an aromatic ring is 1. The molecular formula is C26H30ClN4O9P. The van der Waals surface area contributed by atoms with Crippen LogP contribution in [0.4, 0.5) is 5.82 Å². The summed E-state index contributed by atoms with van der Waals surface area (Å²) in [5.41, 5.74) is 3.17. The molecule has 13 nitrogen and oxygen atoms in total. The topological polar surface area (TPSA) is 184 Å². The highest BCUT2D eigenvalue weighted by Crippen LogP contribution is 2.48. The lowest BCUT2D eigenvalue weighted by Gasteiger charge is -2.27. The van der Waals surface area contributed by atoms with Crippen LogP contribution in [-0.4, -0.2) is 56.8 Å². The number of aliphatic hydroxyl groups excluding tert-OH is 1. The normalized spacial score (nSPS) is 24.4. The number of halogens is 1. The number of anilines is 1. The number of aliphatic hydroxyl groups is 2. The largest absolute Gasteiger partial charge is 0.465 e. The second kappa shape index (κ2) is 12.7. The minimum Gasteiger partial charge on any atom is -0.465 e. The van der Waals surface area contributed by atoms with Crippen LogP contribution in [-0.2, 0) is 23.4 Å². The third-order valence-electron chi connectivity index (χ3n) is 6.25. The number of carbonyl (C=O) groups is 1. The minimum absolute atomic E-state index is 0.0368. The van der Waals surface area contributed by atoms with Crippen molar-refractivity contribution in [3.8, 4) is 5.75 Å². The molecule has 0 amide bonds. The molecule has 2 aromatic carbocycles. The Balaban J connectivity index is 1.61. The zero-order chi connectivity index (χ0) is 29.8. The molecule has 4 rings (SSSR count). The van der Waals surface area contributed by atoms with Gasteiger partial charge in [-0.05, 0) is 49.7 Å². The van der Waals surface area contributed by atoms with E-state index in [4.69, 9.17) is 35.9 Å². The van der Waals surface area contributed by atoms with Gasteiger partial charge in [-0.15, -0.1) is 0 Å². The van der Waals surface area contributed by atoms with Crippen molar-refractivity contribution in [1.29, 1.82) is 0 Å². The van der Waals surface area contributed by atoms with E-state index in [0.29, 0.717) is 10.6 Å². The maximum absolute atomic E-state index is 14.2. The first-order valence-corrected chi connectivity index (χ1v) is 14.5. The molecule has 1 aromatic heterocycles. The van der Waals surface area contributed by atoms with E-state index < -0.39 is 56.1 Å². The van der Waals surface area contributed by atoms with Gasteiger partial charge in [-0.1, -0.05) is 41.9 Å². The van der Waals surface area contributed by atoms with Crippen molar-refractivity contribution in [2.75, 3.05) is 18.9 Å². The smallest absolute Gasteiger partial charge is 0.459 e. The number of esters is 1. The zero-order valence-corrected chi connectivity index (χ0v) is 23.8. The second-order valence-electron chi connectivity index (χ2n) is 9.30. The number of nitrogens with two attached hydrogens (primary N) is 1. The van der Waals surface area contributed by atoms with E-state index in [1.807, 2.05) is 0 Å². The first kappa shape index (κ1) is 30.7. The van der Waals surface area contributed by atoms with Gasteiger partial charge in [0.2, 0.25) is 0 Å². The zero-order valence-electron chi connectivity index (χ0n) is 22.1. The number of carbonyl (C=O) groups excluding carboxylic acids is 1. The number of nitrogens with zero attached hydrogens (tertiary/aromatic N) is 2. The summed E-state index contributed by atoms with van der Waals surface area (Å²) >= 11 is 5.96. The molecule has 41 heavy (non-hydrogen) atoms. The van der Waals surface area contributed by atoms with Crippen LogP contribution in [0.1, 0.15) is 31.7 Å². The summed E-state index contributed by atoms with van der Waals surface area (Å²) in [5, 5.41) is 24.9. The average Bonchev–Trinajstić information content (AvgIpc) is 3.16. The number of rotatable bonds is 11. The maximum Gasteiger partial charge on any atom is 0.459 e. The summed E-state index contributed by atoms with van der Waals surface area (Å²) in [6, 6.07) is 14.4. The van der Waals surface area contributed by atoms with Crippen molar-refractivity contribution in [1.82, 2.24) is 14.6 Å². The molecule has 0 spiro atoms. The van der Waals surface area contributed by atoms with Crippen LogP contribution < -0.4 is 21.0 Å². The summed E-state index contributed by atoms with van der Waals surface area (Å²) in [6.07, 6.45) is -3.01. The number of aromatic nitrogens is 2. The van der Waals surface area contributed by atoms with Gasteiger partial charge in [-0.3, -0.25) is 9.09 Å². The molecule has 0 saturated carbocycles. The van der Waals surface area contributed by atoms with Crippen molar-refractivity contribution in [2.24, 2.45) is 0 Å². The van der Waals surface area contributed by atoms with E-state index in [-0.39, 0.29) is 18.2 Å². The second-order valence-corrected chi connectivity index (χ2v) is 11.4. The maximum atomic E-state index is 14.2. The van der Waals surface area contributed by atoms with Gasteiger partial charge in [-0.2, -0.15) is 10.1 Å². The van der Waals surface area contributed by atoms with Crippen molar-refractivity contribution < 1.29 is 38.1 Å². The third kappa shape index (κ3) is 7.14.